The molecule has 2 rings (SSSR count). The van der Waals surface area contributed by atoms with Gasteiger partial charge in [-0.05, 0) is 55.8 Å². The molecule has 0 fully saturated rings. The monoisotopic (exact) mass is 528 g/mol. The lowest BCUT2D eigenvalue weighted by molar-refractivity contribution is -0.115. The summed E-state index contributed by atoms with van der Waals surface area (Å²) in [5.74, 6) is -2.30. The van der Waals surface area contributed by atoms with Crippen molar-refractivity contribution in [3.05, 3.63) is 52.4 Å². The lowest BCUT2D eigenvalue weighted by Gasteiger charge is -2.28. The van der Waals surface area contributed by atoms with Crippen LogP contribution in [-0.2, 0) is 15.1 Å². The fraction of sp³-hybridized carbons (Fsp3) is 0.333. The van der Waals surface area contributed by atoms with Crippen LogP contribution in [0.3, 0.4) is 0 Å². The van der Waals surface area contributed by atoms with Crippen LogP contribution < -0.4 is 10.6 Å². The Morgan fingerprint density at radius 1 is 1.27 bits per heavy atom. The number of nitrogens with zero attached hydrogens (tertiary/aromatic N) is 2. The first-order valence-corrected chi connectivity index (χ1v) is 10.4. The Morgan fingerprint density at radius 2 is 1.91 bits per heavy atom. The van der Waals surface area contributed by atoms with Gasteiger partial charge in [0, 0.05) is 6.07 Å². The molecule has 0 saturated heterocycles. The Kier molecular flexibility index (Phi) is 8.31. The zero-order chi connectivity index (χ0) is 24.8. The molecular formula is C21H23BrF2N4O5. The first-order valence-electron chi connectivity index (χ1n) is 9.58. The third kappa shape index (κ3) is 7.11. The number of carbonyl (C=O) groups excluding carboxylic acids is 2. The van der Waals surface area contributed by atoms with E-state index < -0.39 is 34.8 Å². The van der Waals surface area contributed by atoms with Gasteiger partial charge in [-0.2, -0.15) is 0 Å². The van der Waals surface area contributed by atoms with Crippen molar-refractivity contribution < 1.29 is 32.7 Å². The molecule has 1 aromatic heterocycles. The molecule has 0 saturated carbocycles. The largest absolute Gasteiger partial charge is 0.514 e. The molecule has 2 amide bonds. The maximum atomic E-state index is 14.2. The first kappa shape index (κ1) is 26.0. The van der Waals surface area contributed by atoms with Crippen LogP contribution in [0, 0.1) is 11.6 Å². The van der Waals surface area contributed by atoms with E-state index in [4.69, 9.17) is 14.4 Å². The molecule has 0 bridgehead atoms. The number of hydrogen-bond acceptors (Lipinski definition) is 7. The van der Waals surface area contributed by atoms with Gasteiger partial charge in [0.25, 0.3) is 5.91 Å². The summed E-state index contributed by atoms with van der Waals surface area (Å²) in [6, 6.07) is 4.66. The molecular weight excluding hydrogens is 506 g/mol. The van der Waals surface area contributed by atoms with Crippen LogP contribution in [0.25, 0.3) is 11.3 Å². The molecule has 1 unspecified atom stereocenters. The van der Waals surface area contributed by atoms with E-state index in [0.29, 0.717) is 6.26 Å². The van der Waals surface area contributed by atoms with Crippen molar-refractivity contribution >= 4 is 34.3 Å². The van der Waals surface area contributed by atoms with Crippen LogP contribution in [-0.4, -0.2) is 40.7 Å². The van der Waals surface area contributed by atoms with Gasteiger partial charge in [-0.1, -0.05) is 11.2 Å². The van der Waals surface area contributed by atoms with Crippen LogP contribution in [0.15, 0.2) is 44.5 Å². The molecule has 1 heterocycles. The second-order valence-corrected chi connectivity index (χ2v) is 8.91. The molecule has 3 N–H and O–H groups in total. The van der Waals surface area contributed by atoms with Crippen LogP contribution in [0.4, 0.5) is 13.6 Å². The maximum Gasteiger partial charge on any atom is 0.408 e. The molecule has 0 radical (unpaired) electrons. The number of amides is 2. The molecule has 0 aliphatic rings. The summed E-state index contributed by atoms with van der Waals surface area (Å²) in [6.45, 7) is 6.38. The summed E-state index contributed by atoms with van der Waals surface area (Å²) >= 11 is 2.85. The van der Waals surface area contributed by atoms with Crippen molar-refractivity contribution in [2.24, 2.45) is 4.99 Å². The van der Waals surface area contributed by atoms with Gasteiger partial charge in [0.1, 0.15) is 33.0 Å². The number of carbonyl (C=O) groups is 2. The maximum absolute atomic E-state index is 14.2. The summed E-state index contributed by atoms with van der Waals surface area (Å²) in [5.41, 5.74) is -2.68. The van der Waals surface area contributed by atoms with E-state index in [1.165, 1.54) is 19.1 Å². The van der Waals surface area contributed by atoms with Crippen molar-refractivity contribution in [3.8, 4) is 11.3 Å². The van der Waals surface area contributed by atoms with E-state index in [2.05, 4.69) is 36.7 Å². The number of alkyl carbamates (subject to hydrolysis) is 1. The third-order valence-corrected chi connectivity index (χ3v) is 4.64. The molecule has 1 atom stereocenters. The SMILES string of the molecule is CC(C)(C)OC(=O)NC(C)(CN=CNC(=O)/C(Br)=C/O)c1cc(-c2c(F)cccc2F)no1. The van der Waals surface area contributed by atoms with Crippen molar-refractivity contribution in [1.29, 1.82) is 0 Å². The number of hydrogen-bond donors (Lipinski definition) is 3. The number of aliphatic hydroxyl groups is 1. The smallest absolute Gasteiger partial charge is 0.408 e. The van der Waals surface area contributed by atoms with E-state index in [1.54, 1.807) is 20.8 Å². The Balaban J connectivity index is 2.34. The van der Waals surface area contributed by atoms with Gasteiger partial charge in [0.2, 0.25) is 0 Å². The minimum absolute atomic E-state index is 0.0333. The van der Waals surface area contributed by atoms with E-state index in [9.17, 15) is 18.4 Å². The zero-order valence-corrected chi connectivity index (χ0v) is 19.9. The number of aliphatic hydroxyl groups excluding tert-OH is 1. The summed E-state index contributed by atoms with van der Waals surface area (Å²) in [4.78, 5) is 28.1. The van der Waals surface area contributed by atoms with Gasteiger partial charge in [-0.3, -0.25) is 9.79 Å². The molecule has 9 nitrogen and oxygen atoms in total. The van der Waals surface area contributed by atoms with Crippen LogP contribution in [0.2, 0.25) is 0 Å². The standard InChI is InChI=1S/C21H23BrF2N4O5/c1-20(2,3)32-19(31)27-21(4,10-25-11-26-18(30)12(22)9-29)16-8-15(28-33-16)17-13(23)6-5-7-14(17)24/h5-9,11,29H,10H2,1-4H3,(H,27,31)(H,25,26,30)/b12-9-. The highest BCUT2D eigenvalue weighted by atomic mass is 79.9. The van der Waals surface area contributed by atoms with E-state index in [0.717, 1.165) is 18.5 Å². The van der Waals surface area contributed by atoms with E-state index in [1.807, 2.05) is 0 Å². The van der Waals surface area contributed by atoms with Crippen molar-refractivity contribution in [2.45, 2.75) is 38.8 Å². The molecule has 12 heteroatoms. The Bertz CT molecular complexity index is 1060. The first-order chi connectivity index (χ1) is 15.4. The van der Waals surface area contributed by atoms with E-state index >= 15 is 0 Å². The molecule has 33 heavy (non-hydrogen) atoms. The summed E-state index contributed by atoms with van der Waals surface area (Å²) in [5, 5.41) is 17.5. The van der Waals surface area contributed by atoms with Crippen molar-refractivity contribution in [1.82, 2.24) is 15.8 Å². The number of ether oxygens (including phenoxy) is 1. The fourth-order valence-electron chi connectivity index (χ4n) is 2.56. The highest BCUT2D eigenvalue weighted by molar-refractivity contribution is 9.12. The van der Waals surface area contributed by atoms with Crippen molar-refractivity contribution in [3.63, 3.8) is 0 Å². The average molecular weight is 529 g/mol. The van der Waals surface area contributed by atoms with Gasteiger partial charge in [-0.15, -0.1) is 0 Å². The van der Waals surface area contributed by atoms with Gasteiger partial charge in [0.15, 0.2) is 5.76 Å². The zero-order valence-electron chi connectivity index (χ0n) is 18.3. The number of nitrogens with one attached hydrogen (secondary N) is 2. The van der Waals surface area contributed by atoms with Crippen LogP contribution in [0.5, 0.6) is 0 Å². The third-order valence-electron chi connectivity index (χ3n) is 4.07. The normalized spacial score (nSPS) is 14.1. The second kappa shape index (κ2) is 10.6. The Labute approximate surface area is 197 Å². The quantitative estimate of drug-likeness (QED) is 0.213. The highest BCUT2D eigenvalue weighted by Crippen LogP contribution is 2.30. The minimum Gasteiger partial charge on any atom is -0.514 e. The highest BCUT2D eigenvalue weighted by Gasteiger charge is 2.35. The topological polar surface area (TPSA) is 126 Å². The van der Waals surface area contributed by atoms with Gasteiger partial charge in [0.05, 0.1) is 24.7 Å². The van der Waals surface area contributed by atoms with Gasteiger partial charge < -0.3 is 25.0 Å². The second-order valence-electron chi connectivity index (χ2n) is 8.05. The Hall–Kier alpha value is -3.28. The minimum atomic E-state index is -1.37. The summed E-state index contributed by atoms with van der Waals surface area (Å²) < 4.78 is 38.8. The molecule has 0 aliphatic carbocycles. The Morgan fingerprint density at radius 3 is 2.48 bits per heavy atom. The summed E-state index contributed by atoms with van der Waals surface area (Å²) in [7, 11) is 0. The van der Waals surface area contributed by atoms with E-state index in [-0.39, 0.29) is 28.0 Å². The predicted octanol–water partition coefficient (Wildman–Crippen LogP) is 4.30. The predicted molar refractivity (Wildman–Crippen MR) is 120 cm³/mol. The molecule has 0 spiro atoms. The fourth-order valence-corrected chi connectivity index (χ4v) is 2.68. The number of benzene rings is 1. The molecule has 1 aromatic carbocycles. The summed E-state index contributed by atoms with van der Waals surface area (Å²) in [6.07, 6.45) is 0.816. The number of halogens is 3. The lowest BCUT2D eigenvalue weighted by atomic mass is 9.98. The number of aliphatic imine (C=N–C) groups is 1. The van der Waals surface area contributed by atoms with Gasteiger partial charge in [-0.25, -0.2) is 13.6 Å². The average Bonchev–Trinajstić information content (AvgIpc) is 3.19. The number of rotatable bonds is 7. The number of aromatic nitrogens is 1. The van der Waals surface area contributed by atoms with Crippen molar-refractivity contribution in [2.75, 3.05) is 6.54 Å². The molecule has 2 aromatic rings. The lowest BCUT2D eigenvalue weighted by Crippen LogP contribution is -2.47. The van der Waals surface area contributed by atoms with Crippen LogP contribution in [0.1, 0.15) is 33.5 Å². The molecule has 0 aliphatic heterocycles. The van der Waals surface area contributed by atoms with Gasteiger partial charge >= 0.3 is 6.09 Å². The molecule has 178 valence electrons. The van der Waals surface area contributed by atoms with Crippen LogP contribution >= 0.6 is 15.9 Å².